The number of hydrogen-bond acceptors (Lipinski definition) is 4. The predicted molar refractivity (Wildman–Crippen MR) is 109 cm³/mol. The average molecular weight is 418 g/mol. The molecule has 1 saturated heterocycles. The fraction of sp³-hybridized carbons (Fsp3) is 0.250. The van der Waals surface area contributed by atoms with Gasteiger partial charge in [-0.25, -0.2) is 4.79 Å². The third-order valence-corrected chi connectivity index (χ3v) is 5.81. The summed E-state index contributed by atoms with van der Waals surface area (Å²) in [5.41, 5.74) is -0.525. The molecule has 146 valence electrons. The van der Waals surface area contributed by atoms with Crippen LogP contribution in [0.4, 0.5) is 4.79 Å². The number of hydrogen-bond donors (Lipinski definition) is 1. The molecule has 1 aromatic carbocycles. The maximum absolute atomic E-state index is 13.0. The van der Waals surface area contributed by atoms with Crippen LogP contribution in [0.1, 0.15) is 17.4 Å². The summed E-state index contributed by atoms with van der Waals surface area (Å²) < 4.78 is 0.633. The largest absolute Gasteiger partial charge is 0.332 e. The quantitative estimate of drug-likeness (QED) is 0.554. The predicted octanol–water partition coefficient (Wildman–Crippen LogP) is 3.38. The Hall–Kier alpha value is -2.64. The van der Waals surface area contributed by atoms with E-state index < -0.39 is 17.5 Å². The summed E-state index contributed by atoms with van der Waals surface area (Å²) in [5, 5.41) is 2.71. The van der Waals surface area contributed by atoms with Gasteiger partial charge >= 0.3 is 6.03 Å². The Balaban J connectivity index is 1.75. The zero-order chi connectivity index (χ0) is 20.3. The van der Waals surface area contributed by atoms with Crippen LogP contribution in [0, 0.1) is 0 Å². The van der Waals surface area contributed by atoms with Gasteiger partial charge in [0.15, 0.2) is 0 Å². The van der Waals surface area contributed by atoms with Crippen molar-refractivity contribution in [2.45, 2.75) is 19.0 Å². The van der Waals surface area contributed by atoms with Gasteiger partial charge < -0.3 is 10.2 Å². The van der Waals surface area contributed by atoms with Crippen molar-refractivity contribution < 1.29 is 14.4 Å². The number of nitrogens with zero attached hydrogens (tertiary/aromatic N) is 2. The van der Waals surface area contributed by atoms with Gasteiger partial charge in [-0.15, -0.1) is 17.9 Å². The lowest BCUT2D eigenvalue weighted by molar-refractivity contribution is -0.138. The molecule has 1 aromatic heterocycles. The Morgan fingerprint density at radius 2 is 2.00 bits per heavy atom. The molecule has 6 nitrogen and oxygen atoms in total. The first-order valence-corrected chi connectivity index (χ1v) is 9.87. The SMILES string of the molecule is C=CCN(Cc1ccc(Cl)s1)C(=O)CN1C(=O)NC(C)(c2ccccc2)C1=O. The van der Waals surface area contributed by atoms with Gasteiger partial charge in [0.2, 0.25) is 5.91 Å². The summed E-state index contributed by atoms with van der Waals surface area (Å²) in [7, 11) is 0. The highest BCUT2D eigenvalue weighted by Gasteiger charge is 2.49. The van der Waals surface area contributed by atoms with Gasteiger partial charge in [-0.05, 0) is 24.6 Å². The minimum atomic E-state index is -1.19. The van der Waals surface area contributed by atoms with Crippen molar-refractivity contribution in [3.8, 4) is 0 Å². The van der Waals surface area contributed by atoms with Crippen molar-refractivity contribution in [2.75, 3.05) is 13.1 Å². The molecule has 1 unspecified atom stereocenters. The van der Waals surface area contributed by atoms with Gasteiger partial charge in [0.05, 0.1) is 10.9 Å². The maximum Gasteiger partial charge on any atom is 0.325 e. The number of carbonyl (C=O) groups excluding carboxylic acids is 3. The Bertz CT molecular complexity index is 914. The van der Waals surface area contributed by atoms with Crippen molar-refractivity contribution in [3.05, 3.63) is 69.9 Å². The standard InChI is InChI=1S/C20H20ClN3O3S/c1-3-11-23(12-15-9-10-16(21)28-15)17(25)13-24-18(26)20(2,22-19(24)27)14-7-5-4-6-8-14/h3-10H,1,11-13H2,2H3,(H,22,27). The van der Waals surface area contributed by atoms with Crippen molar-refractivity contribution in [1.82, 2.24) is 15.1 Å². The number of amides is 4. The Morgan fingerprint density at radius 3 is 2.61 bits per heavy atom. The van der Waals surface area contributed by atoms with E-state index in [2.05, 4.69) is 11.9 Å². The fourth-order valence-electron chi connectivity index (χ4n) is 3.08. The molecule has 0 saturated carbocycles. The molecule has 1 aliphatic rings. The minimum Gasteiger partial charge on any atom is -0.332 e. The zero-order valence-corrected chi connectivity index (χ0v) is 16.9. The normalized spacial score (nSPS) is 18.9. The van der Waals surface area contributed by atoms with Crippen LogP contribution in [0.2, 0.25) is 4.34 Å². The van der Waals surface area contributed by atoms with E-state index >= 15 is 0 Å². The molecule has 1 N–H and O–H groups in total. The van der Waals surface area contributed by atoms with Crippen molar-refractivity contribution in [2.24, 2.45) is 0 Å². The summed E-state index contributed by atoms with van der Waals surface area (Å²) in [6.07, 6.45) is 1.60. The minimum absolute atomic E-state index is 0.300. The lowest BCUT2D eigenvalue weighted by Crippen LogP contribution is -2.44. The van der Waals surface area contributed by atoms with Crippen molar-refractivity contribution >= 4 is 40.8 Å². The highest BCUT2D eigenvalue weighted by atomic mass is 35.5. The summed E-state index contributed by atoms with van der Waals surface area (Å²) in [4.78, 5) is 41.6. The van der Waals surface area contributed by atoms with Gasteiger partial charge in [0, 0.05) is 11.4 Å². The Kier molecular flexibility index (Phi) is 5.86. The first-order chi connectivity index (χ1) is 13.3. The van der Waals surface area contributed by atoms with Crippen LogP contribution < -0.4 is 5.32 Å². The number of benzene rings is 1. The third kappa shape index (κ3) is 3.95. The summed E-state index contributed by atoms with van der Waals surface area (Å²) in [6.45, 7) is 5.62. The summed E-state index contributed by atoms with van der Waals surface area (Å²) in [5.74, 6) is -0.792. The first-order valence-electron chi connectivity index (χ1n) is 8.67. The summed E-state index contributed by atoms with van der Waals surface area (Å²) >= 11 is 7.33. The van der Waals surface area contributed by atoms with Gasteiger partial charge in [-0.3, -0.25) is 14.5 Å². The molecule has 4 amide bonds. The van der Waals surface area contributed by atoms with E-state index in [1.807, 2.05) is 12.1 Å². The molecule has 3 rings (SSSR count). The van der Waals surface area contributed by atoms with Crippen LogP contribution in [0.25, 0.3) is 0 Å². The van der Waals surface area contributed by atoms with Crippen LogP contribution in [0.5, 0.6) is 0 Å². The number of thiophene rings is 1. The topological polar surface area (TPSA) is 69.7 Å². The number of halogens is 1. The lowest BCUT2D eigenvalue weighted by Gasteiger charge is -2.24. The van der Waals surface area contributed by atoms with E-state index in [9.17, 15) is 14.4 Å². The van der Waals surface area contributed by atoms with Gasteiger partial charge in [0.25, 0.3) is 5.91 Å². The molecule has 8 heteroatoms. The molecule has 2 aromatic rings. The molecule has 0 bridgehead atoms. The first kappa shape index (κ1) is 20.1. The number of nitrogens with one attached hydrogen (secondary N) is 1. The molecular weight excluding hydrogens is 398 g/mol. The second-order valence-corrected chi connectivity index (χ2v) is 8.38. The second kappa shape index (κ2) is 8.16. The van der Waals surface area contributed by atoms with Crippen molar-refractivity contribution in [3.63, 3.8) is 0 Å². The van der Waals surface area contributed by atoms with E-state index in [1.54, 1.807) is 43.3 Å². The molecule has 28 heavy (non-hydrogen) atoms. The summed E-state index contributed by atoms with van der Waals surface area (Å²) in [6, 6.07) is 12.0. The molecule has 1 atom stereocenters. The average Bonchev–Trinajstić information content (AvgIpc) is 3.18. The third-order valence-electron chi connectivity index (χ3n) is 4.60. The second-order valence-electron chi connectivity index (χ2n) is 6.58. The molecule has 0 aliphatic carbocycles. The number of carbonyl (C=O) groups is 3. The molecule has 1 fully saturated rings. The molecule has 2 heterocycles. The van der Waals surface area contributed by atoms with E-state index in [0.29, 0.717) is 23.0 Å². The highest BCUT2D eigenvalue weighted by molar-refractivity contribution is 7.16. The van der Waals surface area contributed by atoms with Crippen LogP contribution in [0.3, 0.4) is 0 Å². The van der Waals surface area contributed by atoms with Gasteiger partial charge in [-0.2, -0.15) is 0 Å². The van der Waals surface area contributed by atoms with Gasteiger partial charge in [-0.1, -0.05) is 48.0 Å². The van der Waals surface area contributed by atoms with Crippen LogP contribution in [-0.4, -0.2) is 40.7 Å². The molecular formula is C20H20ClN3O3S. The van der Waals surface area contributed by atoms with E-state index in [0.717, 1.165) is 9.78 Å². The highest BCUT2D eigenvalue weighted by Crippen LogP contribution is 2.29. The Morgan fingerprint density at radius 1 is 1.29 bits per heavy atom. The number of rotatable bonds is 7. The molecule has 1 aliphatic heterocycles. The van der Waals surface area contributed by atoms with E-state index in [4.69, 9.17) is 11.6 Å². The number of imide groups is 1. The van der Waals surface area contributed by atoms with Crippen molar-refractivity contribution in [1.29, 1.82) is 0 Å². The van der Waals surface area contributed by atoms with Crippen LogP contribution in [0.15, 0.2) is 55.1 Å². The smallest absolute Gasteiger partial charge is 0.325 e. The number of urea groups is 1. The lowest BCUT2D eigenvalue weighted by atomic mass is 9.92. The van der Waals surface area contributed by atoms with Gasteiger partial charge in [0.1, 0.15) is 12.1 Å². The fourth-order valence-corrected chi connectivity index (χ4v) is 4.18. The monoisotopic (exact) mass is 417 g/mol. The van der Waals surface area contributed by atoms with E-state index in [-0.39, 0.29) is 12.5 Å². The van der Waals surface area contributed by atoms with E-state index in [1.165, 1.54) is 16.2 Å². The van der Waals surface area contributed by atoms with Crippen LogP contribution >= 0.6 is 22.9 Å². The Labute approximate surface area is 172 Å². The maximum atomic E-state index is 13.0. The van der Waals surface area contributed by atoms with Crippen LogP contribution in [-0.2, 0) is 21.7 Å². The molecule has 0 spiro atoms. The zero-order valence-electron chi connectivity index (χ0n) is 15.4. The molecule has 0 radical (unpaired) electrons.